The maximum atomic E-state index is 11.4. The van der Waals surface area contributed by atoms with Crippen molar-refractivity contribution in [1.29, 1.82) is 0 Å². The van der Waals surface area contributed by atoms with Crippen molar-refractivity contribution in [3.8, 4) is 0 Å². The first-order valence-corrected chi connectivity index (χ1v) is 4.08. The minimum absolute atomic E-state index is 0.0579. The molecule has 1 unspecified atom stereocenters. The highest BCUT2D eigenvalue weighted by molar-refractivity contribution is 5.81. The van der Waals surface area contributed by atoms with E-state index in [9.17, 15) is 4.79 Å². The van der Waals surface area contributed by atoms with Crippen LogP contribution in [0.25, 0.3) is 0 Å². The molecule has 1 heterocycles. The molecule has 0 spiro atoms. The predicted octanol–water partition coefficient (Wildman–Crippen LogP) is 0.169. The summed E-state index contributed by atoms with van der Waals surface area (Å²) < 4.78 is 0. The molecule has 1 rings (SSSR count). The van der Waals surface area contributed by atoms with Crippen molar-refractivity contribution in [3.05, 3.63) is 0 Å². The van der Waals surface area contributed by atoms with Gasteiger partial charge in [-0.25, -0.2) is 0 Å². The third kappa shape index (κ3) is 1.71. The zero-order valence-electron chi connectivity index (χ0n) is 7.50. The molecule has 1 amide bonds. The lowest BCUT2D eigenvalue weighted by atomic mass is 10.3. The molecule has 1 atom stereocenters. The Kier molecular flexibility index (Phi) is 2.49. The molecule has 11 heavy (non-hydrogen) atoms. The van der Waals surface area contributed by atoms with Crippen LogP contribution in [0.4, 0.5) is 0 Å². The molecule has 0 N–H and O–H groups in total. The van der Waals surface area contributed by atoms with Crippen LogP contribution in [0.15, 0.2) is 0 Å². The van der Waals surface area contributed by atoms with E-state index in [1.54, 1.807) is 0 Å². The summed E-state index contributed by atoms with van der Waals surface area (Å²) in [6.45, 7) is 3.88. The van der Waals surface area contributed by atoms with Crippen LogP contribution in [0.5, 0.6) is 0 Å². The maximum absolute atomic E-state index is 11.4. The van der Waals surface area contributed by atoms with Gasteiger partial charge in [0.2, 0.25) is 5.91 Å². The number of likely N-dealkylation sites (N-methyl/N-ethyl adjacent to an activating group) is 2. The van der Waals surface area contributed by atoms with Crippen molar-refractivity contribution in [1.82, 2.24) is 9.80 Å². The van der Waals surface area contributed by atoms with E-state index in [2.05, 4.69) is 4.90 Å². The number of rotatable bonds is 0. The largest absolute Gasteiger partial charge is 0.344 e. The lowest BCUT2D eigenvalue weighted by Gasteiger charge is -2.21. The molecule has 1 fully saturated rings. The Hall–Kier alpha value is -0.570. The second-order valence-corrected chi connectivity index (χ2v) is 3.27. The van der Waals surface area contributed by atoms with Crippen molar-refractivity contribution < 1.29 is 4.79 Å². The van der Waals surface area contributed by atoms with Crippen LogP contribution < -0.4 is 0 Å². The molecule has 1 saturated heterocycles. The van der Waals surface area contributed by atoms with Crippen molar-refractivity contribution in [2.24, 2.45) is 0 Å². The summed E-state index contributed by atoms with van der Waals surface area (Å²) in [5, 5.41) is 0. The summed E-state index contributed by atoms with van der Waals surface area (Å²) in [6.07, 6.45) is 1.09. The average molecular weight is 156 g/mol. The molecule has 64 valence electrons. The third-order valence-electron chi connectivity index (χ3n) is 2.40. The van der Waals surface area contributed by atoms with Crippen LogP contribution >= 0.6 is 0 Å². The lowest BCUT2D eigenvalue weighted by Crippen LogP contribution is -2.40. The van der Waals surface area contributed by atoms with E-state index in [1.165, 1.54) is 0 Å². The van der Waals surface area contributed by atoms with Crippen LogP contribution in [0, 0.1) is 0 Å². The van der Waals surface area contributed by atoms with Gasteiger partial charge >= 0.3 is 0 Å². The summed E-state index contributed by atoms with van der Waals surface area (Å²) in [6, 6.07) is 0.0579. The molecule has 0 radical (unpaired) electrons. The Morgan fingerprint density at radius 2 is 2.00 bits per heavy atom. The second-order valence-electron chi connectivity index (χ2n) is 3.27. The molecule has 0 saturated carbocycles. The van der Waals surface area contributed by atoms with Gasteiger partial charge in [0, 0.05) is 20.1 Å². The Labute approximate surface area is 68.0 Å². The van der Waals surface area contributed by atoms with Crippen LogP contribution in [0.3, 0.4) is 0 Å². The first-order chi connectivity index (χ1) is 5.13. The van der Waals surface area contributed by atoms with Gasteiger partial charge in [-0.1, -0.05) is 0 Å². The van der Waals surface area contributed by atoms with E-state index in [0.29, 0.717) is 0 Å². The number of carbonyl (C=O) groups is 1. The number of hydrogen-bond acceptors (Lipinski definition) is 2. The van der Waals surface area contributed by atoms with E-state index in [-0.39, 0.29) is 11.9 Å². The van der Waals surface area contributed by atoms with Gasteiger partial charge in [0.25, 0.3) is 0 Å². The minimum atomic E-state index is 0.0579. The van der Waals surface area contributed by atoms with Crippen molar-refractivity contribution >= 4 is 5.91 Å². The highest BCUT2D eigenvalue weighted by atomic mass is 16.2. The maximum Gasteiger partial charge on any atom is 0.239 e. The number of hydrogen-bond donors (Lipinski definition) is 0. The first-order valence-electron chi connectivity index (χ1n) is 4.08. The van der Waals surface area contributed by atoms with Gasteiger partial charge < -0.3 is 4.90 Å². The van der Waals surface area contributed by atoms with Gasteiger partial charge in [-0.3, -0.25) is 9.69 Å². The summed E-state index contributed by atoms with van der Waals surface area (Å²) in [5.74, 6) is 0.241. The predicted molar refractivity (Wildman–Crippen MR) is 44.3 cm³/mol. The van der Waals surface area contributed by atoms with Crippen molar-refractivity contribution in [2.75, 3.05) is 27.2 Å². The van der Waals surface area contributed by atoms with Gasteiger partial charge in [-0.15, -0.1) is 0 Å². The average Bonchev–Trinajstić information content (AvgIpc) is 2.07. The molecule has 0 aliphatic carbocycles. The van der Waals surface area contributed by atoms with Crippen LogP contribution in [-0.2, 0) is 4.79 Å². The van der Waals surface area contributed by atoms with Gasteiger partial charge in [-0.2, -0.15) is 0 Å². The van der Waals surface area contributed by atoms with Crippen LogP contribution in [-0.4, -0.2) is 48.9 Å². The molecule has 0 aromatic heterocycles. The zero-order chi connectivity index (χ0) is 8.43. The molecule has 1 aliphatic heterocycles. The Balaban J connectivity index is 2.66. The highest BCUT2D eigenvalue weighted by Crippen LogP contribution is 2.06. The van der Waals surface area contributed by atoms with E-state index >= 15 is 0 Å². The summed E-state index contributed by atoms with van der Waals surface area (Å²) in [7, 11) is 3.87. The standard InChI is InChI=1S/C8H16N2O/c1-7-8(11)10(3)6-4-5-9(7)2/h7H,4-6H2,1-3H3. The normalized spacial score (nSPS) is 28.8. The van der Waals surface area contributed by atoms with E-state index in [4.69, 9.17) is 0 Å². The fourth-order valence-corrected chi connectivity index (χ4v) is 1.37. The molecule has 1 aliphatic rings. The zero-order valence-corrected chi connectivity index (χ0v) is 7.50. The Bertz CT molecular complexity index is 158. The lowest BCUT2D eigenvalue weighted by molar-refractivity contribution is -0.133. The number of carbonyl (C=O) groups excluding carboxylic acids is 1. The van der Waals surface area contributed by atoms with Gasteiger partial charge in [0.1, 0.15) is 0 Å². The molecule has 0 bridgehead atoms. The first kappa shape index (κ1) is 8.53. The van der Waals surface area contributed by atoms with Crippen molar-refractivity contribution in [2.45, 2.75) is 19.4 Å². The highest BCUT2D eigenvalue weighted by Gasteiger charge is 2.23. The van der Waals surface area contributed by atoms with Gasteiger partial charge in [0.15, 0.2) is 0 Å². The Morgan fingerprint density at radius 1 is 1.36 bits per heavy atom. The smallest absolute Gasteiger partial charge is 0.239 e. The van der Waals surface area contributed by atoms with Gasteiger partial charge in [0.05, 0.1) is 6.04 Å². The summed E-state index contributed by atoms with van der Waals surface area (Å²) >= 11 is 0. The molecular formula is C8H16N2O. The summed E-state index contributed by atoms with van der Waals surface area (Å²) in [4.78, 5) is 15.4. The van der Waals surface area contributed by atoms with Crippen LogP contribution in [0.1, 0.15) is 13.3 Å². The second kappa shape index (κ2) is 3.22. The molecule has 0 aromatic rings. The van der Waals surface area contributed by atoms with Crippen LogP contribution in [0.2, 0.25) is 0 Å². The molecule has 3 nitrogen and oxygen atoms in total. The molecular weight excluding hydrogens is 140 g/mol. The minimum Gasteiger partial charge on any atom is -0.344 e. The van der Waals surface area contributed by atoms with E-state index in [0.717, 1.165) is 19.5 Å². The third-order valence-corrected chi connectivity index (χ3v) is 2.40. The Morgan fingerprint density at radius 3 is 2.64 bits per heavy atom. The SMILES string of the molecule is CC1C(=O)N(C)CCCN1C. The molecule has 3 heteroatoms. The topological polar surface area (TPSA) is 23.6 Å². The molecule has 0 aromatic carbocycles. The quantitative estimate of drug-likeness (QED) is 0.499. The fourth-order valence-electron chi connectivity index (χ4n) is 1.37. The summed E-state index contributed by atoms with van der Waals surface area (Å²) in [5.41, 5.74) is 0. The monoisotopic (exact) mass is 156 g/mol. The van der Waals surface area contributed by atoms with E-state index in [1.807, 2.05) is 25.9 Å². The van der Waals surface area contributed by atoms with Crippen molar-refractivity contribution in [3.63, 3.8) is 0 Å². The van der Waals surface area contributed by atoms with E-state index < -0.39 is 0 Å². The number of amides is 1. The fraction of sp³-hybridized carbons (Fsp3) is 0.875. The number of nitrogens with zero attached hydrogens (tertiary/aromatic N) is 2. The van der Waals surface area contributed by atoms with Gasteiger partial charge in [-0.05, 0) is 20.4 Å².